The Balaban J connectivity index is 2.12. The molecule has 0 aromatic carbocycles. The van der Waals surface area contributed by atoms with Gasteiger partial charge in [-0.1, -0.05) is 0 Å². The maximum Gasteiger partial charge on any atom is 0.225 e. The first-order valence-corrected chi connectivity index (χ1v) is 6.27. The van der Waals surface area contributed by atoms with Crippen LogP contribution in [0.25, 0.3) is 0 Å². The van der Waals surface area contributed by atoms with Crippen molar-refractivity contribution in [2.24, 2.45) is 5.92 Å². The quantitative estimate of drug-likeness (QED) is 0.819. The van der Waals surface area contributed by atoms with Gasteiger partial charge >= 0.3 is 0 Å². The van der Waals surface area contributed by atoms with Crippen LogP contribution in [0.5, 0.6) is 5.88 Å². The number of nitrogens with two attached hydrogens (primary N) is 1. The fourth-order valence-corrected chi connectivity index (χ4v) is 2.39. The highest BCUT2D eigenvalue weighted by Crippen LogP contribution is 2.25. The van der Waals surface area contributed by atoms with E-state index in [1.165, 1.54) is 0 Å². The normalized spacial score (nSPS) is 19.9. The number of rotatable bonds is 4. The maximum absolute atomic E-state index is 9.02. The largest absolute Gasteiger partial charge is 0.481 e. The lowest BCUT2D eigenvalue weighted by molar-refractivity contribution is 0.244. The number of hydrogen-bond donors (Lipinski definition) is 2. The molecule has 18 heavy (non-hydrogen) atoms. The minimum atomic E-state index is 0.230. The van der Waals surface area contributed by atoms with Crippen LogP contribution < -0.4 is 15.4 Å². The van der Waals surface area contributed by atoms with Crippen molar-refractivity contribution < 1.29 is 9.84 Å². The van der Waals surface area contributed by atoms with Gasteiger partial charge in [0.05, 0.1) is 7.11 Å². The second-order valence-corrected chi connectivity index (χ2v) is 4.59. The third-order valence-corrected chi connectivity index (χ3v) is 3.30. The van der Waals surface area contributed by atoms with Crippen molar-refractivity contribution >= 4 is 11.8 Å². The van der Waals surface area contributed by atoms with E-state index < -0.39 is 0 Å². The molecule has 1 aliphatic heterocycles. The Morgan fingerprint density at radius 1 is 1.56 bits per heavy atom. The predicted octanol–water partition coefficient (Wildman–Crippen LogP) is 0.666. The molecule has 1 unspecified atom stereocenters. The van der Waals surface area contributed by atoms with Crippen molar-refractivity contribution in [3.8, 4) is 5.88 Å². The molecule has 3 N–H and O–H groups in total. The Morgan fingerprint density at radius 3 is 3.11 bits per heavy atom. The SMILES string of the molecule is COc1cc(N2CCCC(CCO)C2)nc(N)n1. The minimum Gasteiger partial charge on any atom is -0.481 e. The van der Waals surface area contributed by atoms with E-state index in [0.717, 1.165) is 38.2 Å². The first kappa shape index (κ1) is 12.9. The van der Waals surface area contributed by atoms with Crippen molar-refractivity contribution in [2.75, 3.05) is 37.4 Å². The van der Waals surface area contributed by atoms with Crippen LogP contribution in [0.4, 0.5) is 11.8 Å². The summed E-state index contributed by atoms with van der Waals surface area (Å²) in [4.78, 5) is 10.4. The Bertz CT molecular complexity index is 398. The van der Waals surface area contributed by atoms with Crippen molar-refractivity contribution in [1.29, 1.82) is 0 Å². The van der Waals surface area contributed by atoms with Gasteiger partial charge in [0.1, 0.15) is 5.82 Å². The van der Waals surface area contributed by atoms with Crippen LogP contribution in [0, 0.1) is 5.92 Å². The third kappa shape index (κ3) is 3.01. The summed E-state index contributed by atoms with van der Waals surface area (Å²) < 4.78 is 5.10. The Morgan fingerprint density at radius 2 is 2.39 bits per heavy atom. The number of nitrogens with zero attached hydrogens (tertiary/aromatic N) is 3. The highest BCUT2D eigenvalue weighted by Gasteiger charge is 2.21. The number of methoxy groups -OCH3 is 1. The summed E-state index contributed by atoms with van der Waals surface area (Å²) in [6.07, 6.45) is 3.11. The van der Waals surface area contributed by atoms with Crippen LogP contribution in [0.2, 0.25) is 0 Å². The molecular formula is C12H20N4O2. The highest BCUT2D eigenvalue weighted by atomic mass is 16.5. The van der Waals surface area contributed by atoms with Gasteiger partial charge in [-0.25, -0.2) is 0 Å². The summed E-state index contributed by atoms with van der Waals surface area (Å²) in [6.45, 7) is 2.11. The van der Waals surface area contributed by atoms with Crippen molar-refractivity contribution in [1.82, 2.24) is 9.97 Å². The molecule has 0 amide bonds. The van der Waals surface area contributed by atoms with E-state index in [-0.39, 0.29) is 12.6 Å². The van der Waals surface area contributed by atoms with Crippen LogP contribution in [0.3, 0.4) is 0 Å². The van der Waals surface area contributed by atoms with E-state index in [1.807, 2.05) is 0 Å². The molecule has 1 fully saturated rings. The van der Waals surface area contributed by atoms with Crippen LogP contribution in [-0.2, 0) is 0 Å². The van der Waals surface area contributed by atoms with E-state index in [0.29, 0.717) is 11.8 Å². The average Bonchev–Trinajstić information content (AvgIpc) is 2.39. The van der Waals surface area contributed by atoms with Gasteiger partial charge in [-0.15, -0.1) is 0 Å². The molecule has 0 spiro atoms. The van der Waals surface area contributed by atoms with Crippen LogP contribution in [0.1, 0.15) is 19.3 Å². The lowest BCUT2D eigenvalue weighted by atomic mass is 9.95. The zero-order chi connectivity index (χ0) is 13.0. The maximum atomic E-state index is 9.02. The third-order valence-electron chi connectivity index (χ3n) is 3.30. The monoisotopic (exact) mass is 252 g/mol. The molecular weight excluding hydrogens is 232 g/mol. The second kappa shape index (κ2) is 5.86. The highest BCUT2D eigenvalue weighted by molar-refractivity contribution is 5.45. The van der Waals surface area contributed by atoms with E-state index in [4.69, 9.17) is 15.6 Å². The van der Waals surface area contributed by atoms with Gasteiger partial charge in [0.2, 0.25) is 11.8 Å². The number of aliphatic hydroxyl groups excluding tert-OH is 1. The van der Waals surface area contributed by atoms with Crippen LogP contribution in [-0.4, -0.2) is 41.9 Å². The molecule has 1 aliphatic rings. The summed E-state index contributed by atoms with van der Waals surface area (Å²) in [5, 5.41) is 9.02. The summed E-state index contributed by atoms with van der Waals surface area (Å²) in [5.74, 6) is 2.04. The fourth-order valence-electron chi connectivity index (χ4n) is 2.39. The van der Waals surface area contributed by atoms with E-state index >= 15 is 0 Å². The Labute approximate surface area is 107 Å². The van der Waals surface area contributed by atoms with E-state index in [9.17, 15) is 0 Å². The number of aromatic nitrogens is 2. The first-order chi connectivity index (χ1) is 8.72. The predicted molar refractivity (Wildman–Crippen MR) is 69.6 cm³/mol. The lowest BCUT2D eigenvalue weighted by Crippen LogP contribution is -2.36. The van der Waals surface area contributed by atoms with E-state index in [2.05, 4.69) is 14.9 Å². The molecule has 0 saturated carbocycles. The number of anilines is 2. The summed E-state index contributed by atoms with van der Waals surface area (Å²) >= 11 is 0. The molecule has 1 saturated heterocycles. The lowest BCUT2D eigenvalue weighted by Gasteiger charge is -2.33. The number of hydrogen-bond acceptors (Lipinski definition) is 6. The smallest absolute Gasteiger partial charge is 0.225 e. The van der Waals surface area contributed by atoms with Gasteiger partial charge in [0.25, 0.3) is 0 Å². The van der Waals surface area contributed by atoms with Gasteiger partial charge in [0, 0.05) is 25.8 Å². The molecule has 2 heterocycles. The second-order valence-electron chi connectivity index (χ2n) is 4.59. The number of nitrogen functional groups attached to an aromatic ring is 1. The fraction of sp³-hybridized carbons (Fsp3) is 0.667. The van der Waals surface area contributed by atoms with Gasteiger partial charge in [-0.05, 0) is 25.2 Å². The molecule has 1 atom stereocenters. The Hall–Kier alpha value is -1.56. The average molecular weight is 252 g/mol. The van der Waals surface area contributed by atoms with Gasteiger partial charge < -0.3 is 20.5 Å². The molecule has 1 aromatic heterocycles. The summed E-state index contributed by atoms with van der Waals surface area (Å²) in [5.41, 5.74) is 5.67. The molecule has 100 valence electrons. The van der Waals surface area contributed by atoms with Gasteiger partial charge in [-0.2, -0.15) is 9.97 Å². The topological polar surface area (TPSA) is 84.5 Å². The van der Waals surface area contributed by atoms with Crippen molar-refractivity contribution in [3.63, 3.8) is 0 Å². The molecule has 0 bridgehead atoms. The minimum absolute atomic E-state index is 0.230. The zero-order valence-corrected chi connectivity index (χ0v) is 10.7. The number of aliphatic hydroxyl groups is 1. The first-order valence-electron chi connectivity index (χ1n) is 6.27. The summed E-state index contributed by atoms with van der Waals surface area (Å²) in [6, 6.07) is 1.80. The summed E-state index contributed by atoms with van der Waals surface area (Å²) in [7, 11) is 1.57. The Kier molecular flexibility index (Phi) is 4.19. The molecule has 6 nitrogen and oxygen atoms in total. The van der Waals surface area contributed by atoms with Crippen molar-refractivity contribution in [3.05, 3.63) is 6.07 Å². The van der Waals surface area contributed by atoms with Crippen molar-refractivity contribution in [2.45, 2.75) is 19.3 Å². The van der Waals surface area contributed by atoms with Gasteiger partial charge in [0.15, 0.2) is 0 Å². The molecule has 0 aliphatic carbocycles. The number of piperidine rings is 1. The number of ether oxygens (including phenoxy) is 1. The van der Waals surface area contributed by atoms with E-state index in [1.54, 1.807) is 13.2 Å². The molecule has 2 rings (SSSR count). The van der Waals surface area contributed by atoms with Gasteiger partial charge in [-0.3, -0.25) is 0 Å². The molecule has 0 radical (unpaired) electrons. The van der Waals surface area contributed by atoms with Crippen LogP contribution >= 0.6 is 0 Å². The molecule has 6 heteroatoms. The molecule has 1 aromatic rings. The van der Waals surface area contributed by atoms with Crippen LogP contribution in [0.15, 0.2) is 6.07 Å². The standard InChI is InChI=1S/C12H20N4O2/c1-18-11-7-10(14-12(13)15-11)16-5-2-3-9(8-16)4-6-17/h7,9,17H,2-6,8H2,1H3,(H2,13,14,15). The zero-order valence-electron chi connectivity index (χ0n) is 10.7.